The van der Waals surface area contributed by atoms with Gasteiger partial charge in [0, 0.05) is 25.7 Å². The second-order valence-electron chi connectivity index (χ2n) is 6.16. The summed E-state index contributed by atoms with van der Waals surface area (Å²) in [6.45, 7) is 5.79. The second kappa shape index (κ2) is 6.02. The van der Waals surface area contributed by atoms with Crippen LogP contribution in [0.1, 0.15) is 52.4 Å². The fourth-order valence-electron chi connectivity index (χ4n) is 3.38. The summed E-state index contributed by atoms with van der Waals surface area (Å²) in [5.74, 6) is -0.744. The number of carboxylic acid groups (broad SMARTS) is 1. The summed E-state index contributed by atoms with van der Waals surface area (Å²) >= 11 is 0. The van der Waals surface area contributed by atoms with Crippen LogP contribution in [0, 0.1) is 5.41 Å². The predicted octanol–water partition coefficient (Wildman–Crippen LogP) is 2.56. The SMILES string of the molecule is CCCC1(C(=O)O)CCCN(C(=O)N(CC)C2CC2)C1. The Bertz CT molecular complexity index is 377. The van der Waals surface area contributed by atoms with Crippen molar-refractivity contribution in [2.45, 2.75) is 58.4 Å². The topological polar surface area (TPSA) is 60.9 Å². The van der Waals surface area contributed by atoms with Crippen molar-refractivity contribution in [2.75, 3.05) is 19.6 Å². The molecule has 1 N–H and O–H groups in total. The number of carboxylic acids is 1. The van der Waals surface area contributed by atoms with E-state index in [0.717, 1.165) is 25.7 Å². The summed E-state index contributed by atoms with van der Waals surface area (Å²) in [6.07, 6.45) is 5.16. The maximum atomic E-state index is 12.6. The summed E-state index contributed by atoms with van der Waals surface area (Å²) in [5, 5.41) is 9.59. The number of rotatable bonds is 5. The third kappa shape index (κ3) is 2.91. The van der Waals surface area contributed by atoms with Crippen molar-refractivity contribution in [1.29, 1.82) is 0 Å². The number of carbonyl (C=O) groups is 2. The van der Waals surface area contributed by atoms with Crippen LogP contribution < -0.4 is 0 Å². The summed E-state index contributed by atoms with van der Waals surface area (Å²) < 4.78 is 0. The zero-order valence-corrected chi connectivity index (χ0v) is 12.6. The number of likely N-dealkylation sites (tertiary alicyclic amines) is 1. The van der Waals surface area contributed by atoms with Crippen LogP contribution in [-0.4, -0.2) is 52.6 Å². The van der Waals surface area contributed by atoms with Gasteiger partial charge >= 0.3 is 12.0 Å². The molecule has 5 heteroatoms. The molecule has 1 unspecified atom stereocenters. The number of piperidine rings is 1. The number of hydrogen-bond acceptors (Lipinski definition) is 2. The molecule has 0 radical (unpaired) electrons. The third-order valence-corrected chi connectivity index (χ3v) is 4.60. The summed E-state index contributed by atoms with van der Waals surface area (Å²) in [5.41, 5.74) is -0.731. The highest BCUT2D eigenvalue weighted by atomic mass is 16.4. The molecule has 2 aliphatic rings. The number of aliphatic carboxylic acids is 1. The van der Waals surface area contributed by atoms with Crippen molar-refractivity contribution in [3.8, 4) is 0 Å². The van der Waals surface area contributed by atoms with E-state index in [1.54, 1.807) is 4.90 Å². The van der Waals surface area contributed by atoms with Gasteiger partial charge in [-0.1, -0.05) is 13.3 Å². The van der Waals surface area contributed by atoms with Crippen LogP contribution in [0.5, 0.6) is 0 Å². The molecule has 114 valence electrons. The Labute approximate surface area is 120 Å². The first kappa shape index (κ1) is 15.1. The van der Waals surface area contributed by atoms with E-state index >= 15 is 0 Å². The maximum absolute atomic E-state index is 12.6. The Morgan fingerprint density at radius 3 is 2.55 bits per heavy atom. The van der Waals surface area contributed by atoms with Gasteiger partial charge in [-0.25, -0.2) is 4.79 Å². The van der Waals surface area contributed by atoms with E-state index in [1.165, 1.54) is 0 Å². The Hall–Kier alpha value is -1.26. The molecule has 1 aliphatic carbocycles. The lowest BCUT2D eigenvalue weighted by molar-refractivity contribution is -0.152. The highest BCUT2D eigenvalue weighted by Crippen LogP contribution is 2.36. The zero-order valence-electron chi connectivity index (χ0n) is 12.6. The van der Waals surface area contributed by atoms with Crippen LogP contribution in [-0.2, 0) is 4.79 Å². The molecule has 1 saturated carbocycles. The number of urea groups is 1. The first-order chi connectivity index (χ1) is 9.54. The number of amides is 2. The smallest absolute Gasteiger partial charge is 0.320 e. The third-order valence-electron chi connectivity index (χ3n) is 4.60. The molecule has 0 aromatic heterocycles. The lowest BCUT2D eigenvalue weighted by Gasteiger charge is -2.41. The second-order valence-corrected chi connectivity index (χ2v) is 6.16. The lowest BCUT2D eigenvalue weighted by atomic mass is 9.76. The Balaban J connectivity index is 2.08. The highest BCUT2D eigenvalue weighted by molar-refractivity contribution is 5.79. The van der Waals surface area contributed by atoms with Crippen molar-refractivity contribution in [2.24, 2.45) is 5.41 Å². The number of nitrogens with zero attached hydrogens (tertiary/aromatic N) is 2. The van der Waals surface area contributed by atoms with Crippen LogP contribution in [0.15, 0.2) is 0 Å². The van der Waals surface area contributed by atoms with Crippen molar-refractivity contribution in [3.05, 3.63) is 0 Å². The average Bonchev–Trinajstić information content (AvgIpc) is 3.24. The van der Waals surface area contributed by atoms with E-state index in [2.05, 4.69) is 0 Å². The van der Waals surface area contributed by atoms with Gasteiger partial charge in [0.2, 0.25) is 0 Å². The Morgan fingerprint density at radius 1 is 1.35 bits per heavy atom. The van der Waals surface area contributed by atoms with Gasteiger partial charge in [-0.05, 0) is 39.0 Å². The van der Waals surface area contributed by atoms with Gasteiger partial charge in [0.25, 0.3) is 0 Å². The van der Waals surface area contributed by atoms with Crippen LogP contribution in [0.2, 0.25) is 0 Å². The van der Waals surface area contributed by atoms with E-state index in [4.69, 9.17) is 0 Å². The molecule has 1 aliphatic heterocycles. The van der Waals surface area contributed by atoms with Crippen molar-refractivity contribution in [1.82, 2.24) is 9.80 Å². The standard InChI is InChI=1S/C15H26N2O3/c1-3-8-15(13(18)19)9-5-10-16(11-15)14(20)17(4-2)12-6-7-12/h12H,3-11H2,1-2H3,(H,18,19). The fourth-order valence-corrected chi connectivity index (χ4v) is 3.38. The quantitative estimate of drug-likeness (QED) is 0.843. The number of carbonyl (C=O) groups excluding carboxylic acids is 1. The molecular weight excluding hydrogens is 256 g/mol. The van der Waals surface area contributed by atoms with Gasteiger partial charge in [-0.3, -0.25) is 4.79 Å². The molecule has 0 bridgehead atoms. The van der Waals surface area contributed by atoms with Crippen molar-refractivity contribution >= 4 is 12.0 Å². The molecule has 0 aromatic carbocycles. The zero-order chi connectivity index (χ0) is 14.8. The largest absolute Gasteiger partial charge is 0.481 e. The molecule has 20 heavy (non-hydrogen) atoms. The van der Waals surface area contributed by atoms with Crippen molar-refractivity contribution < 1.29 is 14.7 Å². The summed E-state index contributed by atoms with van der Waals surface area (Å²) in [4.78, 5) is 27.9. The molecule has 5 nitrogen and oxygen atoms in total. The summed E-state index contributed by atoms with van der Waals surface area (Å²) in [6, 6.07) is 0.427. The van der Waals surface area contributed by atoms with Gasteiger partial charge in [0.05, 0.1) is 5.41 Å². The van der Waals surface area contributed by atoms with Crippen LogP contribution in [0.3, 0.4) is 0 Å². The van der Waals surface area contributed by atoms with Crippen LogP contribution in [0.25, 0.3) is 0 Å². The van der Waals surface area contributed by atoms with Gasteiger partial charge in [0.1, 0.15) is 0 Å². The van der Waals surface area contributed by atoms with Gasteiger partial charge < -0.3 is 14.9 Å². The number of hydrogen-bond donors (Lipinski definition) is 1. The normalized spacial score (nSPS) is 26.4. The van der Waals surface area contributed by atoms with Crippen LogP contribution in [0.4, 0.5) is 4.79 Å². The Kier molecular flexibility index (Phi) is 4.55. The van der Waals surface area contributed by atoms with E-state index < -0.39 is 11.4 Å². The summed E-state index contributed by atoms with van der Waals surface area (Å²) in [7, 11) is 0. The first-order valence-corrected chi connectivity index (χ1v) is 7.83. The van der Waals surface area contributed by atoms with Gasteiger partial charge in [-0.15, -0.1) is 0 Å². The molecule has 0 aromatic rings. The molecular formula is C15H26N2O3. The predicted molar refractivity (Wildman–Crippen MR) is 76.6 cm³/mol. The fraction of sp³-hybridized carbons (Fsp3) is 0.867. The van der Waals surface area contributed by atoms with E-state index in [0.29, 0.717) is 38.5 Å². The van der Waals surface area contributed by atoms with E-state index in [9.17, 15) is 14.7 Å². The van der Waals surface area contributed by atoms with Gasteiger partial charge in [0.15, 0.2) is 0 Å². The molecule has 2 rings (SSSR count). The van der Waals surface area contributed by atoms with E-state index in [1.807, 2.05) is 18.7 Å². The van der Waals surface area contributed by atoms with Gasteiger partial charge in [-0.2, -0.15) is 0 Å². The molecule has 1 saturated heterocycles. The minimum Gasteiger partial charge on any atom is -0.481 e. The Morgan fingerprint density at radius 2 is 2.05 bits per heavy atom. The maximum Gasteiger partial charge on any atom is 0.320 e. The highest BCUT2D eigenvalue weighted by Gasteiger charge is 2.44. The minimum atomic E-state index is -0.744. The minimum absolute atomic E-state index is 0.0384. The molecule has 2 amide bonds. The average molecular weight is 282 g/mol. The first-order valence-electron chi connectivity index (χ1n) is 7.83. The molecule has 1 heterocycles. The van der Waals surface area contributed by atoms with Crippen LogP contribution >= 0.6 is 0 Å². The van der Waals surface area contributed by atoms with E-state index in [-0.39, 0.29) is 6.03 Å². The molecule has 0 spiro atoms. The van der Waals surface area contributed by atoms with Crippen molar-refractivity contribution in [3.63, 3.8) is 0 Å². The lowest BCUT2D eigenvalue weighted by Crippen LogP contribution is -2.54. The molecule has 1 atom stereocenters. The molecule has 2 fully saturated rings. The monoisotopic (exact) mass is 282 g/mol.